The van der Waals surface area contributed by atoms with Crippen molar-refractivity contribution in [3.05, 3.63) is 0 Å². The number of carbonyl (C=O) groups excluding carboxylic acids is 1. The Balaban J connectivity index is 3.11. The fraction of sp³-hybridized carbons (Fsp3) is 0.962. The molecule has 0 N–H and O–H groups in total. The Labute approximate surface area is 192 Å². The summed E-state index contributed by atoms with van der Waals surface area (Å²) in [7, 11) is 0. The van der Waals surface area contributed by atoms with E-state index in [1.54, 1.807) is 0 Å². The summed E-state index contributed by atoms with van der Waals surface area (Å²) in [5.41, 5.74) is 0. The molecule has 0 unspecified atom stereocenters. The monoisotopic (exact) mass is 444 g/mol. The third-order valence-electron chi connectivity index (χ3n) is 5.32. The maximum absolute atomic E-state index is 11.6. The molecule has 0 spiro atoms. The fourth-order valence-electron chi connectivity index (χ4n) is 3.34. The second-order valence-electron chi connectivity index (χ2n) is 8.40. The van der Waals surface area contributed by atoms with E-state index in [9.17, 15) is 4.79 Å². The van der Waals surface area contributed by atoms with E-state index in [1.165, 1.54) is 70.6 Å². The Morgan fingerprint density at radius 1 is 0.452 bits per heavy atom. The van der Waals surface area contributed by atoms with Crippen LogP contribution in [0.1, 0.15) is 117 Å². The SMILES string of the molecule is CCCCCCCCCCOCCOCCOCCCC(=O)OCCCCCCCC. The second-order valence-corrected chi connectivity index (χ2v) is 8.40. The van der Waals surface area contributed by atoms with Gasteiger partial charge in [-0.1, -0.05) is 90.9 Å². The average Bonchev–Trinajstić information content (AvgIpc) is 2.77. The van der Waals surface area contributed by atoms with Crippen molar-refractivity contribution >= 4 is 5.97 Å². The summed E-state index contributed by atoms with van der Waals surface area (Å²) in [4.78, 5) is 11.6. The first-order valence-corrected chi connectivity index (χ1v) is 13.2. The molecule has 0 aliphatic heterocycles. The van der Waals surface area contributed by atoms with Gasteiger partial charge in [-0.3, -0.25) is 4.79 Å². The normalized spacial score (nSPS) is 11.2. The molecule has 0 saturated carbocycles. The van der Waals surface area contributed by atoms with Gasteiger partial charge < -0.3 is 18.9 Å². The molecule has 0 aliphatic rings. The summed E-state index contributed by atoms with van der Waals surface area (Å²) in [5, 5.41) is 0. The highest BCUT2D eigenvalue weighted by Gasteiger charge is 2.02. The van der Waals surface area contributed by atoms with Crippen LogP contribution in [0.15, 0.2) is 0 Å². The van der Waals surface area contributed by atoms with Crippen LogP contribution in [-0.2, 0) is 23.7 Å². The molecule has 186 valence electrons. The van der Waals surface area contributed by atoms with Crippen LogP contribution in [0.25, 0.3) is 0 Å². The lowest BCUT2D eigenvalue weighted by atomic mass is 10.1. The number of rotatable bonds is 26. The standard InChI is InChI=1S/C26H52O5/c1-3-5-7-9-11-12-13-15-19-28-22-24-30-25-23-29-20-17-18-26(27)31-21-16-14-10-8-6-4-2/h3-25H2,1-2H3. The lowest BCUT2D eigenvalue weighted by molar-refractivity contribution is -0.144. The molecule has 0 heterocycles. The van der Waals surface area contributed by atoms with Crippen LogP contribution in [0.2, 0.25) is 0 Å². The fourth-order valence-corrected chi connectivity index (χ4v) is 3.34. The van der Waals surface area contributed by atoms with Gasteiger partial charge in [-0.2, -0.15) is 0 Å². The Bertz CT molecular complexity index is 349. The van der Waals surface area contributed by atoms with E-state index in [2.05, 4.69) is 13.8 Å². The zero-order chi connectivity index (χ0) is 22.7. The highest BCUT2D eigenvalue weighted by atomic mass is 16.5. The number of ether oxygens (including phenoxy) is 4. The number of carbonyl (C=O) groups is 1. The van der Waals surface area contributed by atoms with Crippen LogP contribution >= 0.6 is 0 Å². The summed E-state index contributed by atoms with van der Waals surface area (Å²) in [6.07, 6.45) is 19.0. The van der Waals surface area contributed by atoms with Crippen molar-refractivity contribution in [3.8, 4) is 0 Å². The molecular formula is C26H52O5. The van der Waals surface area contributed by atoms with Crippen LogP contribution in [0.3, 0.4) is 0 Å². The zero-order valence-corrected chi connectivity index (χ0v) is 20.8. The lowest BCUT2D eigenvalue weighted by Gasteiger charge is -2.07. The summed E-state index contributed by atoms with van der Waals surface area (Å²) >= 11 is 0. The van der Waals surface area contributed by atoms with Gasteiger partial charge in [0.15, 0.2) is 0 Å². The largest absolute Gasteiger partial charge is 0.466 e. The zero-order valence-electron chi connectivity index (χ0n) is 20.8. The first-order valence-electron chi connectivity index (χ1n) is 13.2. The number of esters is 1. The highest BCUT2D eigenvalue weighted by molar-refractivity contribution is 5.69. The number of hydrogen-bond donors (Lipinski definition) is 0. The van der Waals surface area contributed by atoms with E-state index >= 15 is 0 Å². The Kier molecular flexibility index (Phi) is 26.8. The molecule has 0 aromatic rings. The molecule has 0 aliphatic carbocycles. The highest BCUT2D eigenvalue weighted by Crippen LogP contribution is 2.08. The lowest BCUT2D eigenvalue weighted by Crippen LogP contribution is -2.11. The van der Waals surface area contributed by atoms with Crippen LogP contribution in [0.5, 0.6) is 0 Å². The van der Waals surface area contributed by atoms with E-state index in [1.807, 2.05) is 0 Å². The minimum atomic E-state index is -0.109. The quantitative estimate of drug-likeness (QED) is 0.108. The summed E-state index contributed by atoms with van der Waals surface area (Å²) in [6, 6.07) is 0. The molecule has 5 nitrogen and oxygen atoms in total. The Morgan fingerprint density at radius 3 is 1.35 bits per heavy atom. The van der Waals surface area contributed by atoms with Crippen molar-refractivity contribution in [1.82, 2.24) is 0 Å². The van der Waals surface area contributed by atoms with Gasteiger partial charge >= 0.3 is 5.97 Å². The van der Waals surface area contributed by atoms with Gasteiger partial charge in [0.25, 0.3) is 0 Å². The molecule has 0 atom stereocenters. The minimum absolute atomic E-state index is 0.109. The van der Waals surface area contributed by atoms with Gasteiger partial charge in [-0.05, 0) is 19.3 Å². The molecule has 0 aromatic heterocycles. The summed E-state index contributed by atoms with van der Waals surface area (Å²) in [6.45, 7) is 8.84. The van der Waals surface area contributed by atoms with Crippen LogP contribution in [0, 0.1) is 0 Å². The average molecular weight is 445 g/mol. The van der Waals surface area contributed by atoms with Crippen molar-refractivity contribution in [1.29, 1.82) is 0 Å². The summed E-state index contributed by atoms with van der Waals surface area (Å²) in [5.74, 6) is -0.109. The molecule has 0 radical (unpaired) electrons. The van der Waals surface area contributed by atoms with E-state index in [0.717, 1.165) is 25.9 Å². The second kappa shape index (κ2) is 27.4. The van der Waals surface area contributed by atoms with Gasteiger partial charge in [0, 0.05) is 19.6 Å². The van der Waals surface area contributed by atoms with Gasteiger partial charge in [-0.25, -0.2) is 0 Å². The molecular weight excluding hydrogens is 392 g/mol. The van der Waals surface area contributed by atoms with Crippen molar-refractivity contribution in [2.45, 2.75) is 117 Å². The predicted molar refractivity (Wildman–Crippen MR) is 129 cm³/mol. The minimum Gasteiger partial charge on any atom is -0.466 e. The number of unbranched alkanes of at least 4 members (excludes halogenated alkanes) is 12. The van der Waals surface area contributed by atoms with Crippen LogP contribution in [0.4, 0.5) is 0 Å². The van der Waals surface area contributed by atoms with Gasteiger partial charge in [-0.15, -0.1) is 0 Å². The molecule has 0 rings (SSSR count). The number of hydrogen-bond acceptors (Lipinski definition) is 5. The first-order chi connectivity index (χ1) is 15.3. The third-order valence-corrected chi connectivity index (χ3v) is 5.32. The van der Waals surface area contributed by atoms with Crippen LogP contribution < -0.4 is 0 Å². The van der Waals surface area contributed by atoms with Gasteiger partial charge in [0.05, 0.1) is 33.0 Å². The van der Waals surface area contributed by atoms with Crippen molar-refractivity contribution in [3.63, 3.8) is 0 Å². The topological polar surface area (TPSA) is 54.0 Å². The molecule has 0 aromatic carbocycles. The first kappa shape index (κ1) is 30.4. The molecule has 0 fully saturated rings. The smallest absolute Gasteiger partial charge is 0.305 e. The van der Waals surface area contributed by atoms with Crippen molar-refractivity contribution < 1.29 is 23.7 Å². The molecule has 31 heavy (non-hydrogen) atoms. The Morgan fingerprint density at radius 2 is 0.839 bits per heavy atom. The molecule has 0 saturated heterocycles. The van der Waals surface area contributed by atoms with Crippen molar-refractivity contribution in [2.75, 3.05) is 46.2 Å². The van der Waals surface area contributed by atoms with Gasteiger partial charge in [0.1, 0.15) is 0 Å². The maximum atomic E-state index is 11.6. The van der Waals surface area contributed by atoms with Gasteiger partial charge in [0.2, 0.25) is 0 Å². The van der Waals surface area contributed by atoms with Crippen molar-refractivity contribution in [2.24, 2.45) is 0 Å². The Hall–Kier alpha value is -0.650. The maximum Gasteiger partial charge on any atom is 0.305 e. The van der Waals surface area contributed by atoms with E-state index in [4.69, 9.17) is 18.9 Å². The van der Waals surface area contributed by atoms with E-state index in [-0.39, 0.29) is 5.97 Å². The molecule has 0 amide bonds. The molecule has 0 bridgehead atoms. The predicted octanol–water partition coefficient (Wildman–Crippen LogP) is 6.86. The van der Waals surface area contributed by atoms with Crippen LogP contribution in [-0.4, -0.2) is 52.2 Å². The summed E-state index contributed by atoms with van der Waals surface area (Å²) < 4.78 is 21.8. The molecule has 5 heteroatoms. The van der Waals surface area contributed by atoms with E-state index in [0.29, 0.717) is 52.5 Å². The third kappa shape index (κ3) is 27.3. The van der Waals surface area contributed by atoms with E-state index < -0.39 is 0 Å².